The van der Waals surface area contributed by atoms with Crippen LogP contribution in [-0.4, -0.2) is 10.8 Å². The molecule has 1 aromatic carbocycles. The maximum Gasteiger partial charge on any atom is 0.204 e. The highest BCUT2D eigenvalue weighted by atomic mass is 19.1. The van der Waals surface area contributed by atoms with Gasteiger partial charge in [-0.05, 0) is 37.3 Å². The molecule has 0 N–H and O–H groups in total. The Morgan fingerprint density at radius 1 is 1.30 bits per heavy atom. The fourth-order valence-electron chi connectivity index (χ4n) is 2.21. The third-order valence-corrected chi connectivity index (χ3v) is 3.22. The third kappa shape index (κ3) is 2.20. The summed E-state index contributed by atoms with van der Waals surface area (Å²) in [6.45, 7) is 1.76. The molecule has 100 valence electrons. The van der Waals surface area contributed by atoms with Gasteiger partial charge in [0.25, 0.3) is 0 Å². The summed E-state index contributed by atoms with van der Waals surface area (Å²) in [5, 5.41) is 0.634. The van der Waals surface area contributed by atoms with Crippen molar-refractivity contribution in [2.45, 2.75) is 13.3 Å². The lowest BCUT2D eigenvalue weighted by molar-refractivity contribution is 0.0966. The number of aryl methyl sites for hydroxylation is 1. The quantitative estimate of drug-likeness (QED) is 0.681. The maximum atomic E-state index is 13.2. The van der Waals surface area contributed by atoms with Crippen molar-refractivity contribution in [3.63, 3.8) is 0 Å². The molecule has 0 spiro atoms. The molecule has 2 aromatic heterocycles. The second-order valence-electron chi connectivity index (χ2n) is 4.62. The first kappa shape index (κ1) is 12.5. The van der Waals surface area contributed by atoms with Crippen molar-refractivity contribution >= 4 is 16.8 Å². The van der Waals surface area contributed by atoms with Crippen molar-refractivity contribution in [2.24, 2.45) is 0 Å². The number of pyridine rings is 1. The van der Waals surface area contributed by atoms with E-state index < -0.39 is 0 Å². The molecule has 0 bridgehead atoms. The summed E-state index contributed by atoms with van der Waals surface area (Å²) in [6, 6.07) is 9.65. The monoisotopic (exact) mass is 269 g/mol. The number of Topliss-reactive ketones (excluding diaryl/α,β-unsaturated/α-hetero) is 1. The molecule has 4 heteroatoms. The summed E-state index contributed by atoms with van der Waals surface area (Å²) < 4.78 is 18.8. The predicted molar refractivity (Wildman–Crippen MR) is 73.2 cm³/mol. The van der Waals surface area contributed by atoms with Crippen LogP contribution in [0.15, 0.2) is 47.0 Å². The highest BCUT2D eigenvalue weighted by Crippen LogP contribution is 2.26. The predicted octanol–water partition coefficient (Wildman–Crippen LogP) is 3.70. The van der Waals surface area contributed by atoms with Gasteiger partial charge < -0.3 is 4.42 Å². The Labute approximate surface area is 115 Å². The lowest BCUT2D eigenvalue weighted by atomic mass is 10.1. The van der Waals surface area contributed by atoms with Gasteiger partial charge in [0.1, 0.15) is 11.4 Å². The Hall–Kier alpha value is -2.49. The van der Waals surface area contributed by atoms with E-state index in [1.54, 1.807) is 25.3 Å². The van der Waals surface area contributed by atoms with Crippen LogP contribution in [-0.2, 0) is 6.42 Å². The summed E-state index contributed by atoms with van der Waals surface area (Å²) in [4.78, 5) is 16.4. The van der Waals surface area contributed by atoms with E-state index in [4.69, 9.17) is 4.42 Å². The zero-order chi connectivity index (χ0) is 14.1. The first-order chi connectivity index (χ1) is 9.65. The number of halogens is 1. The van der Waals surface area contributed by atoms with Crippen LogP contribution < -0.4 is 0 Å². The average Bonchev–Trinajstić information content (AvgIpc) is 2.77. The number of nitrogens with zero attached hydrogens (tertiary/aromatic N) is 1. The van der Waals surface area contributed by atoms with Crippen LogP contribution in [0.1, 0.15) is 21.8 Å². The largest absolute Gasteiger partial charge is 0.453 e. The highest BCUT2D eigenvalue weighted by Gasteiger charge is 2.18. The number of ketones is 1. The van der Waals surface area contributed by atoms with E-state index in [-0.39, 0.29) is 23.8 Å². The van der Waals surface area contributed by atoms with E-state index in [0.29, 0.717) is 22.2 Å². The standard InChI is InChI=1S/C16H12FNO2/c1-10-13-8-11(17)5-6-15(13)20-16(10)14(19)9-12-4-2-3-7-18-12/h2-8H,9H2,1H3. The summed E-state index contributed by atoms with van der Waals surface area (Å²) in [5.74, 6) is -0.223. The zero-order valence-corrected chi connectivity index (χ0v) is 10.9. The number of furan rings is 1. The van der Waals surface area contributed by atoms with E-state index >= 15 is 0 Å². The van der Waals surface area contributed by atoms with Crippen LogP contribution >= 0.6 is 0 Å². The molecule has 0 radical (unpaired) electrons. The average molecular weight is 269 g/mol. The van der Waals surface area contributed by atoms with Gasteiger partial charge in [0.05, 0.1) is 6.42 Å². The van der Waals surface area contributed by atoms with Gasteiger partial charge in [0.15, 0.2) is 5.76 Å². The summed E-state index contributed by atoms with van der Waals surface area (Å²) >= 11 is 0. The van der Waals surface area contributed by atoms with Crippen LogP contribution in [0.4, 0.5) is 4.39 Å². The van der Waals surface area contributed by atoms with Gasteiger partial charge in [0, 0.05) is 22.8 Å². The number of hydrogen-bond donors (Lipinski definition) is 0. The van der Waals surface area contributed by atoms with Crippen molar-refractivity contribution in [1.82, 2.24) is 4.98 Å². The maximum absolute atomic E-state index is 13.2. The first-order valence-corrected chi connectivity index (χ1v) is 6.27. The number of aromatic nitrogens is 1. The van der Waals surface area contributed by atoms with Gasteiger partial charge >= 0.3 is 0 Å². The third-order valence-electron chi connectivity index (χ3n) is 3.22. The highest BCUT2D eigenvalue weighted by molar-refractivity contribution is 6.01. The van der Waals surface area contributed by atoms with Gasteiger partial charge in [-0.25, -0.2) is 4.39 Å². The van der Waals surface area contributed by atoms with Gasteiger partial charge in [-0.1, -0.05) is 6.07 Å². The topological polar surface area (TPSA) is 43.1 Å². The van der Waals surface area contributed by atoms with Crippen molar-refractivity contribution in [3.8, 4) is 0 Å². The van der Waals surface area contributed by atoms with E-state index in [1.165, 1.54) is 18.2 Å². The van der Waals surface area contributed by atoms with E-state index in [0.717, 1.165) is 0 Å². The molecular weight excluding hydrogens is 257 g/mol. The normalized spacial score (nSPS) is 10.9. The molecule has 0 atom stereocenters. The van der Waals surface area contributed by atoms with Gasteiger partial charge in [-0.15, -0.1) is 0 Å². The Morgan fingerprint density at radius 2 is 2.15 bits per heavy atom. The van der Waals surface area contributed by atoms with E-state index in [2.05, 4.69) is 4.98 Å². The summed E-state index contributed by atoms with van der Waals surface area (Å²) in [5.41, 5.74) is 1.87. The molecule has 0 fully saturated rings. The fraction of sp³-hybridized carbons (Fsp3) is 0.125. The van der Waals surface area contributed by atoms with Gasteiger partial charge in [-0.2, -0.15) is 0 Å². The molecule has 3 rings (SSSR count). The Kier molecular flexibility index (Phi) is 3.06. The molecule has 3 aromatic rings. The second kappa shape index (κ2) is 4.89. The molecule has 0 amide bonds. The molecule has 0 unspecified atom stereocenters. The summed E-state index contributed by atoms with van der Waals surface area (Å²) in [6.07, 6.45) is 1.81. The molecule has 3 nitrogen and oxygen atoms in total. The Balaban J connectivity index is 1.98. The first-order valence-electron chi connectivity index (χ1n) is 6.27. The molecule has 0 aliphatic rings. The minimum atomic E-state index is -0.342. The zero-order valence-electron chi connectivity index (χ0n) is 10.9. The van der Waals surface area contributed by atoms with Gasteiger partial charge in [0.2, 0.25) is 5.78 Å². The minimum absolute atomic E-state index is 0.155. The van der Waals surface area contributed by atoms with Crippen LogP contribution in [0.25, 0.3) is 11.0 Å². The molecule has 0 saturated heterocycles. The van der Waals surface area contributed by atoms with Crippen LogP contribution in [0.2, 0.25) is 0 Å². The molecule has 0 saturated carbocycles. The van der Waals surface area contributed by atoms with Crippen LogP contribution in [0.5, 0.6) is 0 Å². The Morgan fingerprint density at radius 3 is 2.90 bits per heavy atom. The molecular formula is C16H12FNO2. The van der Waals surface area contributed by atoms with Crippen molar-refractivity contribution < 1.29 is 13.6 Å². The fourth-order valence-corrected chi connectivity index (χ4v) is 2.21. The number of carbonyl (C=O) groups is 1. The van der Waals surface area contributed by atoms with E-state index in [1.807, 2.05) is 6.07 Å². The van der Waals surface area contributed by atoms with Gasteiger partial charge in [-0.3, -0.25) is 9.78 Å². The lowest BCUT2D eigenvalue weighted by Crippen LogP contribution is -2.05. The lowest BCUT2D eigenvalue weighted by Gasteiger charge is -1.98. The molecule has 0 aliphatic heterocycles. The summed E-state index contributed by atoms with van der Waals surface area (Å²) in [7, 11) is 0. The van der Waals surface area contributed by atoms with E-state index in [9.17, 15) is 9.18 Å². The smallest absolute Gasteiger partial charge is 0.204 e. The number of hydrogen-bond acceptors (Lipinski definition) is 3. The number of rotatable bonds is 3. The Bertz CT molecular complexity index is 778. The van der Waals surface area contributed by atoms with Crippen LogP contribution in [0.3, 0.4) is 0 Å². The number of benzene rings is 1. The number of fused-ring (bicyclic) bond motifs is 1. The minimum Gasteiger partial charge on any atom is -0.453 e. The SMILES string of the molecule is Cc1c(C(=O)Cc2ccccn2)oc2ccc(F)cc12. The number of carbonyl (C=O) groups excluding carboxylic acids is 1. The van der Waals surface area contributed by atoms with Crippen molar-refractivity contribution in [1.29, 1.82) is 0 Å². The molecule has 2 heterocycles. The van der Waals surface area contributed by atoms with Crippen molar-refractivity contribution in [2.75, 3.05) is 0 Å². The molecule has 0 aliphatic carbocycles. The molecule has 20 heavy (non-hydrogen) atoms. The van der Waals surface area contributed by atoms with Crippen molar-refractivity contribution in [3.05, 3.63) is 65.4 Å². The second-order valence-corrected chi connectivity index (χ2v) is 4.62. The van der Waals surface area contributed by atoms with Crippen LogP contribution in [0, 0.1) is 12.7 Å².